The number of carboxylic acid groups (broad SMARTS) is 1. The Labute approximate surface area is 249 Å². The first-order valence-corrected chi connectivity index (χ1v) is 16.0. The SMILES string of the molecule is CC.CC1=C(C(CC(C)(C)C)C(=O)O)C(c2ccc3c(c2)CCCO3)=C2C=C(c3ccccc3)N3CSNC1CC23. The quantitative estimate of drug-likeness (QED) is 0.355. The molecule has 2 aromatic rings. The van der Waals surface area contributed by atoms with Gasteiger partial charge in [0.15, 0.2) is 0 Å². The third-order valence-electron chi connectivity index (χ3n) is 8.46. The maximum Gasteiger partial charge on any atom is 0.311 e. The average molecular weight is 573 g/mol. The summed E-state index contributed by atoms with van der Waals surface area (Å²) in [4.78, 5) is 15.6. The molecule has 2 N–H and O–H groups in total. The van der Waals surface area contributed by atoms with Crippen LogP contribution in [0.3, 0.4) is 0 Å². The minimum atomic E-state index is -0.748. The van der Waals surface area contributed by atoms with E-state index in [1.807, 2.05) is 13.8 Å². The summed E-state index contributed by atoms with van der Waals surface area (Å²) >= 11 is 1.73. The lowest BCUT2D eigenvalue weighted by atomic mass is 9.75. The number of fused-ring (bicyclic) bond motifs is 2. The Morgan fingerprint density at radius 2 is 1.90 bits per heavy atom. The molecule has 1 saturated heterocycles. The van der Waals surface area contributed by atoms with Crippen LogP contribution in [0.25, 0.3) is 11.3 Å². The van der Waals surface area contributed by atoms with Gasteiger partial charge in [-0.1, -0.05) is 88.5 Å². The molecule has 3 heterocycles. The number of aryl methyl sites for hydroxylation is 1. The van der Waals surface area contributed by atoms with Crippen LogP contribution in [-0.2, 0) is 11.2 Å². The zero-order valence-corrected chi connectivity index (χ0v) is 26.1. The van der Waals surface area contributed by atoms with Crippen LogP contribution >= 0.6 is 11.9 Å². The molecular weight excluding hydrogens is 528 g/mol. The summed E-state index contributed by atoms with van der Waals surface area (Å²) in [6.45, 7) is 13.3. The third kappa shape index (κ3) is 5.87. The zero-order chi connectivity index (χ0) is 29.3. The van der Waals surface area contributed by atoms with E-state index < -0.39 is 11.9 Å². The maximum atomic E-state index is 13.1. The lowest BCUT2D eigenvalue weighted by Gasteiger charge is -2.31. The Hall–Kier alpha value is -2.96. The smallest absolute Gasteiger partial charge is 0.311 e. The van der Waals surface area contributed by atoms with Gasteiger partial charge in [-0.2, -0.15) is 0 Å². The van der Waals surface area contributed by atoms with Crippen LogP contribution in [-0.4, -0.2) is 40.5 Å². The zero-order valence-electron chi connectivity index (χ0n) is 25.3. The number of ether oxygens (including phenoxy) is 1. The minimum Gasteiger partial charge on any atom is -0.493 e. The van der Waals surface area contributed by atoms with Gasteiger partial charge >= 0.3 is 5.97 Å². The number of carboxylic acids is 1. The molecule has 218 valence electrons. The normalized spacial score (nSPS) is 22.5. The Morgan fingerprint density at radius 1 is 1.15 bits per heavy atom. The summed E-state index contributed by atoms with van der Waals surface area (Å²) in [5, 5.41) is 10.7. The highest BCUT2D eigenvalue weighted by Crippen LogP contribution is 2.50. The molecule has 6 heteroatoms. The predicted molar refractivity (Wildman–Crippen MR) is 170 cm³/mol. The van der Waals surface area contributed by atoms with Gasteiger partial charge in [-0.3, -0.25) is 9.52 Å². The summed E-state index contributed by atoms with van der Waals surface area (Å²) in [6, 6.07) is 17.4. The van der Waals surface area contributed by atoms with Crippen LogP contribution in [0.1, 0.15) is 77.5 Å². The van der Waals surface area contributed by atoms with E-state index in [0.717, 1.165) is 59.8 Å². The predicted octanol–water partition coefficient (Wildman–Crippen LogP) is 7.95. The van der Waals surface area contributed by atoms with Gasteiger partial charge in [0.1, 0.15) is 5.75 Å². The fraction of sp³-hybridized carbons (Fsp3) is 0.457. The summed E-state index contributed by atoms with van der Waals surface area (Å²) in [5.41, 5.74) is 9.08. The number of allylic oxidation sites excluding steroid dienone is 1. The number of benzene rings is 2. The van der Waals surface area contributed by atoms with Gasteiger partial charge in [-0.25, -0.2) is 0 Å². The second kappa shape index (κ2) is 12.1. The van der Waals surface area contributed by atoms with E-state index in [9.17, 15) is 9.90 Å². The van der Waals surface area contributed by atoms with Crippen molar-refractivity contribution in [2.24, 2.45) is 11.3 Å². The van der Waals surface area contributed by atoms with Crippen molar-refractivity contribution in [2.45, 2.75) is 79.3 Å². The summed E-state index contributed by atoms with van der Waals surface area (Å²) < 4.78 is 9.68. The van der Waals surface area contributed by atoms with Crippen LogP contribution in [0.4, 0.5) is 0 Å². The molecule has 0 amide bonds. The molecule has 3 atom stereocenters. The highest BCUT2D eigenvalue weighted by Gasteiger charge is 2.43. The van der Waals surface area contributed by atoms with E-state index in [2.05, 4.69) is 91.9 Å². The molecule has 41 heavy (non-hydrogen) atoms. The van der Waals surface area contributed by atoms with Gasteiger partial charge in [0.25, 0.3) is 0 Å². The summed E-state index contributed by atoms with van der Waals surface area (Å²) in [7, 11) is 0. The van der Waals surface area contributed by atoms with Crippen LogP contribution in [0.15, 0.2) is 71.3 Å². The van der Waals surface area contributed by atoms with E-state index >= 15 is 0 Å². The number of hydrogen-bond acceptors (Lipinski definition) is 5. The Kier molecular flexibility index (Phi) is 8.72. The van der Waals surface area contributed by atoms with E-state index in [0.29, 0.717) is 6.42 Å². The molecule has 0 saturated carbocycles. The Morgan fingerprint density at radius 3 is 2.61 bits per heavy atom. The maximum absolute atomic E-state index is 13.1. The van der Waals surface area contributed by atoms with Gasteiger partial charge in [-0.05, 0) is 89.6 Å². The average Bonchev–Trinajstić information content (AvgIpc) is 3.10. The van der Waals surface area contributed by atoms with E-state index in [4.69, 9.17) is 4.74 Å². The van der Waals surface area contributed by atoms with Crippen LogP contribution < -0.4 is 9.46 Å². The van der Waals surface area contributed by atoms with E-state index in [1.54, 1.807) is 11.9 Å². The molecule has 0 radical (unpaired) electrons. The van der Waals surface area contributed by atoms with E-state index in [1.165, 1.54) is 22.4 Å². The molecular formula is C35H44N2O3S. The lowest BCUT2D eigenvalue weighted by Crippen LogP contribution is -2.32. The number of carbonyl (C=O) groups is 1. The van der Waals surface area contributed by atoms with Gasteiger partial charge < -0.3 is 14.7 Å². The van der Waals surface area contributed by atoms with Gasteiger partial charge in [0.05, 0.1) is 24.4 Å². The van der Waals surface area contributed by atoms with Gasteiger partial charge in [-0.15, -0.1) is 0 Å². The second-order valence-corrected chi connectivity index (χ2v) is 13.2. The van der Waals surface area contributed by atoms with Crippen molar-refractivity contribution in [3.05, 3.63) is 88.0 Å². The van der Waals surface area contributed by atoms with Crippen molar-refractivity contribution >= 4 is 29.2 Å². The van der Waals surface area contributed by atoms with Crippen LogP contribution in [0, 0.1) is 11.3 Å². The Balaban J connectivity index is 0.00000165. The first kappa shape index (κ1) is 29.5. The summed E-state index contributed by atoms with van der Waals surface area (Å²) in [5.74, 6) is 0.444. The number of hydrogen-bond donors (Lipinski definition) is 2. The number of nitrogens with one attached hydrogen (secondary N) is 1. The van der Waals surface area contributed by atoms with Crippen molar-refractivity contribution in [2.75, 3.05) is 12.5 Å². The molecule has 0 spiro atoms. The van der Waals surface area contributed by atoms with Crippen molar-refractivity contribution in [1.29, 1.82) is 0 Å². The molecule has 1 aliphatic carbocycles. The highest BCUT2D eigenvalue weighted by molar-refractivity contribution is 7.97. The molecule has 1 fully saturated rings. The van der Waals surface area contributed by atoms with Crippen molar-refractivity contribution in [3.8, 4) is 5.75 Å². The van der Waals surface area contributed by atoms with Gasteiger partial charge in [0, 0.05) is 11.7 Å². The Bertz CT molecular complexity index is 1390. The minimum absolute atomic E-state index is 0.0961. The fourth-order valence-corrected chi connectivity index (χ4v) is 7.68. The monoisotopic (exact) mass is 572 g/mol. The lowest BCUT2D eigenvalue weighted by molar-refractivity contribution is -0.141. The molecule has 4 aliphatic rings. The van der Waals surface area contributed by atoms with Crippen LogP contribution in [0.5, 0.6) is 5.75 Å². The topological polar surface area (TPSA) is 61.8 Å². The molecule has 3 aliphatic heterocycles. The standard InChI is InChI=1S/C33H38N2O3S.C2H6/c1-20-26-17-28-24(16-27(35(28)19-39-34-26)21-9-6-5-7-10-21)31(30(20)25(32(36)37)18-33(2,3)4)23-12-13-29-22(15-23)11-8-14-38-29;1-2/h5-7,9-10,12-13,15-16,25-26,28,34H,8,11,14,17-19H2,1-4H3,(H,36,37);1-2H3. The number of nitrogens with zero attached hydrogens (tertiary/aromatic N) is 1. The van der Waals surface area contributed by atoms with Crippen LogP contribution in [0.2, 0.25) is 0 Å². The largest absolute Gasteiger partial charge is 0.493 e. The number of rotatable bonds is 5. The third-order valence-corrected chi connectivity index (χ3v) is 9.32. The number of aliphatic carboxylic acids is 1. The van der Waals surface area contributed by atoms with Crippen molar-refractivity contribution in [1.82, 2.24) is 9.62 Å². The van der Waals surface area contributed by atoms with Crippen molar-refractivity contribution in [3.63, 3.8) is 0 Å². The molecule has 2 aromatic carbocycles. The first-order chi connectivity index (χ1) is 19.7. The second-order valence-electron chi connectivity index (χ2n) is 12.4. The molecule has 5 nitrogen and oxygen atoms in total. The fourth-order valence-electron chi connectivity index (χ4n) is 6.67. The van der Waals surface area contributed by atoms with Crippen molar-refractivity contribution < 1.29 is 14.6 Å². The molecule has 6 rings (SSSR count). The molecule has 3 unspecified atom stereocenters. The summed E-state index contributed by atoms with van der Waals surface area (Å²) in [6.07, 6.45) is 5.81. The molecule has 2 bridgehead atoms. The first-order valence-electron chi connectivity index (χ1n) is 15.1. The highest BCUT2D eigenvalue weighted by atomic mass is 32.2. The molecule has 0 aromatic heterocycles. The van der Waals surface area contributed by atoms with Gasteiger partial charge in [0.2, 0.25) is 0 Å². The van der Waals surface area contributed by atoms with E-state index in [-0.39, 0.29) is 17.5 Å².